The Morgan fingerprint density at radius 2 is 1.51 bits per heavy atom. The van der Waals surface area contributed by atoms with E-state index in [4.69, 9.17) is 11.6 Å². The Hall–Kier alpha value is -1.59. The Morgan fingerprint density at radius 1 is 0.951 bits per heavy atom. The minimum Gasteiger partial charge on any atom is -0.353 e. The van der Waals surface area contributed by atoms with E-state index in [1.165, 1.54) is 50.8 Å². The maximum Gasteiger partial charge on any atom is 0.225 e. The van der Waals surface area contributed by atoms with Crippen LogP contribution in [-0.2, 0) is 9.59 Å². The van der Waals surface area contributed by atoms with Crippen LogP contribution in [0.15, 0.2) is 24.3 Å². The van der Waals surface area contributed by atoms with Gasteiger partial charge in [-0.15, -0.1) is 0 Å². The number of carbonyl (C=O) groups is 2. The van der Waals surface area contributed by atoms with E-state index < -0.39 is 0 Å². The minimum absolute atomic E-state index is 0.187. The SMILES string of the molecule is CC.CC(C)(C)N1CCC(c2ccc(Cl)cc2)C1.CC1(C)CCC(NC(=O)C(C)(C)C)CC1.CC1CCCN1C=O. The Kier molecular flexibility index (Phi) is 15.4. The lowest BCUT2D eigenvalue weighted by molar-refractivity contribution is -0.129. The van der Waals surface area contributed by atoms with Crippen LogP contribution in [0.4, 0.5) is 0 Å². The van der Waals surface area contributed by atoms with Gasteiger partial charge in [-0.1, -0.05) is 72.2 Å². The summed E-state index contributed by atoms with van der Waals surface area (Å²) in [7, 11) is 0. The standard InChI is InChI=1S/C14H20ClN.C13H25NO.C6H11NO.C2H6/c1-14(2,3)16-9-8-12(10-16)11-4-6-13(15)7-5-11;1-12(2,3)11(15)14-10-6-8-13(4,5)9-7-10;1-6-3-2-4-7(6)5-8;1-2/h4-7,12H,8-10H2,1-3H3;10H,6-9H2,1-5H3,(H,14,15);5-6H,2-4H2,1H3;1-2H3. The maximum absolute atomic E-state index is 11.8. The fourth-order valence-corrected chi connectivity index (χ4v) is 5.56. The van der Waals surface area contributed by atoms with Crippen LogP contribution in [-0.4, -0.2) is 59.4 Å². The largest absolute Gasteiger partial charge is 0.353 e. The molecule has 4 rings (SSSR count). The van der Waals surface area contributed by atoms with E-state index in [0.29, 0.717) is 29.0 Å². The predicted octanol–water partition coefficient (Wildman–Crippen LogP) is 8.70. The van der Waals surface area contributed by atoms with Gasteiger partial charge in [0, 0.05) is 41.1 Å². The van der Waals surface area contributed by atoms with Crippen molar-refractivity contribution < 1.29 is 9.59 Å². The van der Waals surface area contributed by atoms with Crippen LogP contribution in [0.3, 0.4) is 0 Å². The second kappa shape index (κ2) is 16.9. The van der Waals surface area contributed by atoms with Crippen molar-refractivity contribution in [2.24, 2.45) is 10.8 Å². The molecule has 1 aromatic carbocycles. The van der Waals surface area contributed by atoms with Gasteiger partial charge in [0.25, 0.3) is 0 Å². The molecule has 2 unspecified atom stereocenters. The van der Waals surface area contributed by atoms with Gasteiger partial charge < -0.3 is 10.2 Å². The molecule has 2 atom stereocenters. The number of rotatable bonds is 3. The number of likely N-dealkylation sites (tertiary alicyclic amines) is 2. The summed E-state index contributed by atoms with van der Waals surface area (Å²) in [4.78, 5) is 26.3. The van der Waals surface area contributed by atoms with Crippen LogP contribution in [0.2, 0.25) is 5.02 Å². The molecule has 5 nitrogen and oxygen atoms in total. The molecule has 0 radical (unpaired) electrons. The van der Waals surface area contributed by atoms with Crippen LogP contribution in [0.1, 0.15) is 133 Å². The third-order valence-corrected chi connectivity index (χ3v) is 8.83. The zero-order valence-corrected chi connectivity index (χ0v) is 29.0. The quantitative estimate of drug-likeness (QED) is 0.358. The highest BCUT2D eigenvalue weighted by molar-refractivity contribution is 6.30. The molecule has 0 bridgehead atoms. The van der Waals surface area contributed by atoms with Gasteiger partial charge in [-0.05, 0) is 108 Å². The summed E-state index contributed by atoms with van der Waals surface area (Å²) in [5.74, 6) is 0.865. The predicted molar refractivity (Wildman–Crippen MR) is 177 cm³/mol. The van der Waals surface area contributed by atoms with E-state index in [1.807, 2.05) is 51.7 Å². The molecular formula is C35H62ClN3O2. The van der Waals surface area contributed by atoms with E-state index in [0.717, 1.165) is 30.8 Å². The highest BCUT2D eigenvalue weighted by Crippen LogP contribution is 2.35. The number of carbonyl (C=O) groups excluding carboxylic acids is 2. The number of amides is 2. The average molecular weight is 592 g/mol. The summed E-state index contributed by atoms with van der Waals surface area (Å²) in [6.45, 7) is 26.8. The van der Waals surface area contributed by atoms with Gasteiger partial charge in [0.05, 0.1) is 0 Å². The molecule has 6 heteroatoms. The lowest BCUT2D eigenvalue weighted by Crippen LogP contribution is -2.44. The van der Waals surface area contributed by atoms with Crippen molar-refractivity contribution in [3.8, 4) is 0 Å². The van der Waals surface area contributed by atoms with Crippen LogP contribution >= 0.6 is 11.6 Å². The summed E-state index contributed by atoms with van der Waals surface area (Å²) in [6, 6.07) is 9.23. The summed E-state index contributed by atoms with van der Waals surface area (Å²) in [5.41, 5.74) is 1.94. The zero-order valence-electron chi connectivity index (χ0n) is 28.3. The van der Waals surface area contributed by atoms with Crippen molar-refractivity contribution in [3.05, 3.63) is 34.9 Å². The smallest absolute Gasteiger partial charge is 0.225 e. The van der Waals surface area contributed by atoms with E-state index in [2.05, 4.69) is 63.9 Å². The molecule has 3 aliphatic rings. The molecule has 1 aromatic rings. The first-order valence-corrected chi connectivity index (χ1v) is 16.4. The van der Waals surface area contributed by atoms with Crippen molar-refractivity contribution >= 4 is 23.9 Å². The average Bonchev–Trinajstić information content (AvgIpc) is 3.56. The van der Waals surface area contributed by atoms with Crippen molar-refractivity contribution in [1.29, 1.82) is 0 Å². The molecule has 2 saturated heterocycles. The number of hydrogen-bond donors (Lipinski definition) is 1. The first-order valence-electron chi connectivity index (χ1n) is 16.0. The maximum atomic E-state index is 11.8. The molecule has 41 heavy (non-hydrogen) atoms. The summed E-state index contributed by atoms with van der Waals surface area (Å²) >= 11 is 5.91. The second-order valence-electron chi connectivity index (χ2n) is 14.7. The van der Waals surface area contributed by atoms with Crippen molar-refractivity contribution in [3.63, 3.8) is 0 Å². The molecule has 2 aliphatic heterocycles. The normalized spacial score (nSPS) is 22.8. The first kappa shape index (κ1) is 37.4. The third-order valence-electron chi connectivity index (χ3n) is 8.57. The molecule has 0 aromatic heterocycles. The molecule has 1 saturated carbocycles. The zero-order chi connectivity index (χ0) is 31.4. The molecule has 236 valence electrons. The summed E-state index contributed by atoms with van der Waals surface area (Å²) < 4.78 is 0. The molecule has 2 amide bonds. The van der Waals surface area contributed by atoms with Crippen molar-refractivity contribution in [2.75, 3.05) is 19.6 Å². The fourth-order valence-electron chi connectivity index (χ4n) is 5.43. The monoisotopic (exact) mass is 591 g/mol. The van der Waals surface area contributed by atoms with E-state index >= 15 is 0 Å². The van der Waals surface area contributed by atoms with Gasteiger partial charge in [0.1, 0.15) is 0 Å². The Labute approximate surface area is 258 Å². The number of nitrogens with one attached hydrogen (secondary N) is 1. The topological polar surface area (TPSA) is 52.7 Å². The van der Waals surface area contributed by atoms with E-state index in [9.17, 15) is 9.59 Å². The van der Waals surface area contributed by atoms with Gasteiger partial charge in [0.15, 0.2) is 0 Å². The van der Waals surface area contributed by atoms with Crippen LogP contribution < -0.4 is 5.32 Å². The number of halogens is 1. The molecule has 1 N–H and O–H groups in total. The molecule has 0 spiro atoms. The van der Waals surface area contributed by atoms with E-state index in [1.54, 1.807) is 0 Å². The van der Waals surface area contributed by atoms with Gasteiger partial charge >= 0.3 is 0 Å². The Bertz CT molecular complexity index is 891. The van der Waals surface area contributed by atoms with Crippen molar-refractivity contribution in [2.45, 2.75) is 145 Å². The molecule has 3 fully saturated rings. The van der Waals surface area contributed by atoms with Crippen molar-refractivity contribution in [1.82, 2.24) is 15.1 Å². The molecular weight excluding hydrogens is 530 g/mol. The number of nitrogens with zero attached hydrogens (tertiary/aromatic N) is 2. The van der Waals surface area contributed by atoms with Crippen LogP contribution in [0.25, 0.3) is 0 Å². The first-order chi connectivity index (χ1) is 19.0. The van der Waals surface area contributed by atoms with Crippen LogP contribution in [0.5, 0.6) is 0 Å². The van der Waals surface area contributed by atoms with Gasteiger partial charge in [-0.25, -0.2) is 0 Å². The number of benzene rings is 1. The van der Waals surface area contributed by atoms with Gasteiger partial charge in [-0.2, -0.15) is 0 Å². The Balaban J connectivity index is 0.000000313. The highest BCUT2D eigenvalue weighted by atomic mass is 35.5. The lowest BCUT2D eigenvalue weighted by Gasteiger charge is -2.35. The highest BCUT2D eigenvalue weighted by Gasteiger charge is 2.31. The second-order valence-corrected chi connectivity index (χ2v) is 15.1. The summed E-state index contributed by atoms with van der Waals surface area (Å²) in [6.07, 6.45) is 9.28. The summed E-state index contributed by atoms with van der Waals surface area (Å²) in [5, 5.41) is 3.99. The minimum atomic E-state index is -0.257. The Morgan fingerprint density at radius 3 is 1.90 bits per heavy atom. The van der Waals surface area contributed by atoms with Gasteiger partial charge in [0.2, 0.25) is 12.3 Å². The molecule has 2 heterocycles. The third kappa shape index (κ3) is 13.5. The van der Waals surface area contributed by atoms with Crippen LogP contribution in [0, 0.1) is 10.8 Å². The molecule has 1 aliphatic carbocycles. The number of hydrogen-bond acceptors (Lipinski definition) is 3. The van der Waals surface area contributed by atoms with E-state index in [-0.39, 0.29) is 11.3 Å². The van der Waals surface area contributed by atoms with Gasteiger partial charge in [-0.3, -0.25) is 14.5 Å². The fraction of sp³-hybridized carbons (Fsp3) is 0.771. The lowest BCUT2D eigenvalue weighted by atomic mass is 9.75.